The first-order valence-corrected chi connectivity index (χ1v) is 12.3. The molecule has 0 saturated carbocycles. The molecular formula is C25H26N4O4S. The molecule has 1 amide bonds. The van der Waals surface area contributed by atoms with E-state index in [1.165, 1.54) is 6.07 Å². The van der Waals surface area contributed by atoms with E-state index in [2.05, 4.69) is 10.0 Å². The summed E-state index contributed by atoms with van der Waals surface area (Å²) >= 11 is 0. The molecule has 1 aromatic heterocycles. The van der Waals surface area contributed by atoms with Crippen LogP contribution in [0.25, 0.3) is 11.8 Å². The topological polar surface area (TPSA) is 113 Å². The molecular weight excluding hydrogens is 452 g/mol. The highest BCUT2D eigenvalue weighted by Gasteiger charge is 2.15. The highest BCUT2D eigenvalue weighted by atomic mass is 32.2. The van der Waals surface area contributed by atoms with Crippen LogP contribution < -0.4 is 14.8 Å². The van der Waals surface area contributed by atoms with Gasteiger partial charge in [-0.25, -0.2) is 8.42 Å². The summed E-state index contributed by atoms with van der Waals surface area (Å²) in [7, 11) is -1.87. The third-order valence-corrected chi connectivity index (χ3v) is 5.85. The number of rotatable bonds is 7. The number of carbonyl (C=O) groups excluding carboxylic acids is 1. The predicted octanol–water partition coefficient (Wildman–Crippen LogP) is 4.33. The van der Waals surface area contributed by atoms with Crippen LogP contribution in [0.3, 0.4) is 0 Å². The minimum absolute atomic E-state index is 0.0758. The number of amides is 1. The molecule has 34 heavy (non-hydrogen) atoms. The van der Waals surface area contributed by atoms with Gasteiger partial charge in [0, 0.05) is 22.8 Å². The largest absolute Gasteiger partial charge is 0.497 e. The molecule has 3 aromatic rings. The van der Waals surface area contributed by atoms with Crippen LogP contribution in [0, 0.1) is 32.1 Å². The smallest absolute Gasteiger partial charge is 0.266 e. The average Bonchev–Trinajstić information content (AvgIpc) is 3.06. The van der Waals surface area contributed by atoms with Gasteiger partial charge in [-0.05, 0) is 80.4 Å². The normalized spacial score (nSPS) is 11.6. The van der Waals surface area contributed by atoms with Gasteiger partial charge in [-0.1, -0.05) is 6.07 Å². The lowest BCUT2D eigenvalue weighted by molar-refractivity contribution is -0.112. The van der Waals surface area contributed by atoms with Crippen LogP contribution in [-0.4, -0.2) is 32.3 Å². The maximum absolute atomic E-state index is 12.8. The first kappa shape index (κ1) is 24.6. The molecule has 2 aromatic carbocycles. The molecule has 0 saturated heterocycles. The predicted molar refractivity (Wildman–Crippen MR) is 134 cm³/mol. The number of nitriles is 1. The van der Waals surface area contributed by atoms with Gasteiger partial charge in [0.1, 0.15) is 17.4 Å². The maximum atomic E-state index is 12.8. The lowest BCUT2D eigenvalue weighted by Crippen LogP contribution is -2.15. The van der Waals surface area contributed by atoms with E-state index in [0.29, 0.717) is 16.9 Å². The summed E-state index contributed by atoms with van der Waals surface area (Å²) in [5.41, 5.74) is 4.84. The Hall–Kier alpha value is -4.03. The van der Waals surface area contributed by atoms with Crippen molar-refractivity contribution in [3.63, 3.8) is 0 Å². The van der Waals surface area contributed by atoms with Crippen molar-refractivity contribution in [2.45, 2.75) is 20.8 Å². The van der Waals surface area contributed by atoms with Crippen molar-refractivity contribution in [1.29, 1.82) is 5.26 Å². The van der Waals surface area contributed by atoms with Gasteiger partial charge in [0.15, 0.2) is 0 Å². The molecule has 9 heteroatoms. The van der Waals surface area contributed by atoms with Crippen molar-refractivity contribution < 1.29 is 17.9 Å². The molecule has 0 fully saturated rings. The van der Waals surface area contributed by atoms with Crippen molar-refractivity contribution in [3.8, 4) is 17.5 Å². The Morgan fingerprint density at radius 2 is 1.76 bits per heavy atom. The number of methoxy groups -OCH3 is 1. The van der Waals surface area contributed by atoms with E-state index < -0.39 is 15.9 Å². The molecule has 176 valence electrons. The molecule has 0 aliphatic heterocycles. The number of hydrogen-bond donors (Lipinski definition) is 2. The fourth-order valence-electron chi connectivity index (χ4n) is 3.57. The number of aromatic nitrogens is 1. The second-order valence-electron chi connectivity index (χ2n) is 7.89. The van der Waals surface area contributed by atoms with E-state index in [1.54, 1.807) is 32.2 Å². The zero-order chi connectivity index (χ0) is 25.0. The second kappa shape index (κ2) is 9.85. The number of carbonyl (C=O) groups is 1. The number of benzene rings is 2. The van der Waals surface area contributed by atoms with Crippen molar-refractivity contribution in [2.24, 2.45) is 0 Å². The van der Waals surface area contributed by atoms with Crippen LogP contribution in [0.4, 0.5) is 11.4 Å². The zero-order valence-electron chi connectivity index (χ0n) is 19.6. The molecule has 3 rings (SSSR count). The fraction of sp³-hybridized carbons (Fsp3) is 0.200. The fourth-order valence-corrected chi connectivity index (χ4v) is 4.19. The van der Waals surface area contributed by atoms with Gasteiger partial charge in [0.25, 0.3) is 5.91 Å². The minimum Gasteiger partial charge on any atom is -0.497 e. The number of sulfonamides is 1. The summed E-state index contributed by atoms with van der Waals surface area (Å²) in [5.74, 6) is 0.159. The number of hydrogen-bond acceptors (Lipinski definition) is 5. The number of nitrogens with one attached hydrogen (secondary N) is 2. The van der Waals surface area contributed by atoms with E-state index >= 15 is 0 Å². The molecule has 0 aliphatic carbocycles. The standard InChI is InChI=1S/C25H26N4O4S/c1-16-6-7-21(14-24(16)28-34(5,31)32)27-25(30)20(15-26)13-19-12-17(2)29(18(19)3)22-8-10-23(33-4)11-9-22/h6-14,28H,1-5H3,(H,27,30)/b20-13-. The Labute approximate surface area is 199 Å². The van der Waals surface area contributed by atoms with Gasteiger partial charge in [0.05, 0.1) is 19.1 Å². The Bertz CT molecular complexity index is 1410. The zero-order valence-corrected chi connectivity index (χ0v) is 20.4. The Morgan fingerprint density at radius 3 is 2.35 bits per heavy atom. The molecule has 0 radical (unpaired) electrons. The van der Waals surface area contributed by atoms with Crippen LogP contribution in [0.2, 0.25) is 0 Å². The molecule has 8 nitrogen and oxygen atoms in total. The first-order chi connectivity index (χ1) is 16.0. The van der Waals surface area contributed by atoms with Crippen LogP contribution in [0.5, 0.6) is 5.75 Å². The quantitative estimate of drug-likeness (QED) is 0.388. The van der Waals surface area contributed by atoms with E-state index in [4.69, 9.17) is 4.74 Å². The van der Waals surface area contributed by atoms with Crippen molar-refractivity contribution >= 4 is 33.4 Å². The lowest BCUT2D eigenvalue weighted by Gasteiger charge is -2.11. The summed E-state index contributed by atoms with van der Waals surface area (Å²) in [4.78, 5) is 12.8. The first-order valence-electron chi connectivity index (χ1n) is 10.4. The van der Waals surface area contributed by atoms with Crippen molar-refractivity contribution in [3.05, 3.63) is 76.6 Å². The summed E-state index contributed by atoms with van der Waals surface area (Å²) in [6.45, 7) is 5.61. The van der Waals surface area contributed by atoms with E-state index in [-0.39, 0.29) is 5.57 Å². The van der Waals surface area contributed by atoms with Gasteiger partial charge < -0.3 is 14.6 Å². The SMILES string of the molecule is COc1ccc(-n2c(C)cc(/C=C(/C#N)C(=O)Nc3ccc(C)c(NS(C)(=O)=O)c3)c2C)cc1. The summed E-state index contributed by atoms with van der Waals surface area (Å²) in [5, 5.41) is 12.3. The van der Waals surface area contributed by atoms with Crippen LogP contribution in [-0.2, 0) is 14.8 Å². The number of nitrogens with zero attached hydrogens (tertiary/aromatic N) is 2. The van der Waals surface area contributed by atoms with Gasteiger partial charge in [-0.15, -0.1) is 0 Å². The second-order valence-corrected chi connectivity index (χ2v) is 9.64. The highest BCUT2D eigenvalue weighted by Crippen LogP contribution is 2.25. The minimum atomic E-state index is -3.48. The van der Waals surface area contributed by atoms with Crippen LogP contribution >= 0.6 is 0 Å². The molecule has 0 unspecified atom stereocenters. The molecule has 0 atom stereocenters. The van der Waals surface area contributed by atoms with Crippen LogP contribution in [0.15, 0.2) is 54.1 Å². The van der Waals surface area contributed by atoms with Gasteiger partial charge >= 0.3 is 0 Å². The maximum Gasteiger partial charge on any atom is 0.266 e. The van der Waals surface area contributed by atoms with E-state index in [1.807, 2.05) is 54.8 Å². The Morgan fingerprint density at radius 1 is 1.09 bits per heavy atom. The average molecular weight is 479 g/mol. The third-order valence-electron chi connectivity index (χ3n) is 5.26. The van der Waals surface area contributed by atoms with E-state index in [9.17, 15) is 18.5 Å². The third kappa shape index (κ3) is 5.66. The van der Waals surface area contributed by atoms with Gasteiger partial charge in [-0.3, -0.25) is 9.52 Å². The molecule has 0 bridgehead atoms. The summed E-state index contributed by atoms with van der Waals surface area (Å²) in [6, 6.07) is 16.3. The highest BCUT2D eigenvalue weighted by molar-refractivity contribution is 7.92. The number of anilines is 2. The summed E-state index contributed by atoms with van der Waals surface area (Å²) in [6.07, 6.45) is 2.60. The Balaban J connectivity index is 1.89. The van der Waals surface area contributed by atoms with E-state index in [0.717, 1.165) is 34.6 Å². The molecule has 0 spiro atoms. The summed E-state index contributed by atoms with van der Waals surface area (Å²) < 4.78 is 32.8. The number of aryl methyl sites for hydroxylation is 2. The van der Waals surface area contributed by atoms with Crippen LogP contribution in [0.1, 0.15) is 22.5 Å². The number of ether oxygens (including phenoxy) is 1. The molecule has 0 aliphatic rings. The van der Waals surface area contributed by atoms with Crippen molar-refractivity contribution in [1.82, 2.24) is 4.57 Å². The molecule has 1 heterocycles. The van der Waals surface area contributed by atoms with Gasteiger partial charge in [-0.2, -0.15) is 5.26 Å². The lowest BCUT2D eigenvalue weighted by atomic mass is 10.1. The monoisotopic (exact) mass is 478 g/mol. The molecule has 2 N–H and O–H groups in total. The Kier molecular flexibility index (Phi) is 7.13. The van der Waals surface area contributed by atoms with Crippen molar-refractivity contribution in [2.75, 3.05) is 23.4 Å². The van der Waals surface area contributed by atoms with Gasteiger partial charge in [0.2, 0.25) is 10.0 Å².